The van der Waals surface area contributed by atoms with Crippen molar-refractivity contribution >= 4 is 6.08 Å². The zero-order chi connectivity index (χ0) is 12.8. The van der Waals surface area contributed by atoms with Crippen LogP contribution in [0.5, 0.6) is 11.5 Å². The number of hydrogen-bond acceptors (Lipinski definition) is 4. The molecule has 0 spiro atoms. The molecule has 0 aliphatic rings. The molecule has 0 heterocycles. The van der Waals surface area contributed by atoms with E-state index in [4.69, 9.17) is 9.47 Å². The highest BCUT2D eigenvalue weighted by Gasteiger charge is 2.10. The highest BCUT2D eigenvalue weighted by molar-refractivity contribution is 5.61. The summed E-state index contributed by atoms with van der Waals surface area (Å²) < 4.78 is 10.8. The minimum atomic E-state index is -0.515. The van der Waals surface area contributed by atoms with Gasteiger partial charge in [0.15, 0.2) is 11.5 Å². The lowest BCUT2D eigenvalue weighted by Gasteiger charge is -2.15. The van der Waals surface area contributed by atoms with Gasteiger partial charge in [-0.15, -0.1) is 0 Å². The van der Waals surface area contributed by atoms with Gasteiger partial charge in [-0.2, -0.15) is 0 Å². The monoisotopic (exact) mass is 237 g/mol. The smallest absolute Gasteiger partial charge is 0.235 e. The first-order valence-electron chi connectivity index (χ1n) is 5.20. The van der Waals surface area contributed by atoms with Gasteiger partial charge in [0, 0.05) is 11.6 Å². The average molecular weight is 237 g/mol. The topological polar surface area (TPSA) is 61.6 Å². The molecule has 0 saturated heterocycles. The Hall–Kier alpha value is -2.04. The van der Waals surface area contributed by atoms with Crippen molar-refractivity contribution in [2.75, 3.05) is 7.11 Å². The predicted octanol–water partition coefficient (Wildman–Crippen LogP) is 2.73. The lowest BCUT2D eigenvalue weighted by atomic mass is 10.2. The maximum absolute atomic E-state index is 10.3. The fourth-order valence-electron chi connectivity index (χ4n) is 1.33. The first-order valence-corrected chi connectivity index (χ1v) is 5.20. The van der Waals surface area contributed by atoms with Crippen LogP contribution in [0.1, 0.15) is 19.4 Å². The molecule has 1 aromatic carbocycles. The van der Waals surface area contributed by atoms with Gasteiger partial charge in [-0.05, 0) is 19.9 Å². The van der Waals surface area contributed by atoms with Crippen LogP contribution in [-0.4, -0.2) is 18.1 Å². The Balaban J connectivity index is 3.14. The van der Waals surface area contributed by atoms with E-state index in [2.05, 4.69) is 0 Å². The van der Waals surface area contributed by atoms with Gasteiger partial charge in [0.2, 0.25) is 6.20 Å². The molecule has 0 amide bonds. The Morgan fingerprint density at radius 2 is 2.12 bits per heavy atom. The highest BCUT2D eigenvalue weighted by Crippen LogP contribution is 2.32. The molecular formula is C12H15NO4. The van der Waals surface area contributed by atoms with E-state index in [1.165, 1.54) is 13.2 Å². The van der Waals surface area contributed by atoms with Crippen molar-refractivity contribution in [3.63, 3.8) is 0 Å². The van der Waals surface area contributed by atoms with Crippen molar-refractivity contribution in [2.45, 2.75) is 20.0 Å². The molecule has 0 aliphatic heterocycles. The van der Waals surface area contributed by atoms with Crippen molar-refractivity contribution < 1.29 is 14.4 Å². The van der Waals surface area contributed by atoms with Gasteiger partial charge in [0.05, 0.1) is 18.1 Å². The van der Waals surface area contributed by atoms with Gasteiger partial charge in [0.1, 0.15) is 0 Å². The molecule has 0 unspecified atom stereocenters. The van der Waals surface area contributed by atoms with Crippen molar-refractivity contribution in [1.82, 2.24) is 0 Å². The second kappa shape index (κ2) is 5.89. The minimum absolute atomic E-state index is 0.0333. The van der Waals surface area contributed by atoms with Crippen molar-refractivity contribution in [3.8, 4) is 11.5 Å². The Kier molecular flexibility index (Phi) is 4.51. The Morgan fingerprint density at radius 1 is 1.41 bits per heavy atom. The van der Waals surface area contributed by atoms with Crippen LogP contribution >= 0.6 is 0 Å². The first kappa shape index (κ1) is 13.0. The largest absolute Gasteiger partial charge is 0.493 e. The van der Waals surface area contributed by atoms with Crippen LogP contribution in [0.4, 0.5) is 0 Å². The molecule has 0 aliphatic carbocycles. The summed E-state index contributed by atoms with van der Waals surface area (Å²) in [5.74, 6) is 1.08. The third kappa shape index (κ3) is 3.79. The number of benzene rings is 1. The molecule has 1 rings (SSSR count). The van der Waals surface area contributed by atoms with E-state index >= 15 is 0 Å². The summed E-state index contributed by atoms with van der Waals surface area (Å²) in [6, 6.07) is 5.24. The van der Waals surface area contributed by atoms with E-state index in [1.54, 1.807) is 18.2 Å². The van der Waals surface area contributed by atoms with Gasteiger partial charge in [-0.1, -0.05) is 12.1 Å². The summed E-state index contributed by atoms with van der Waals surface area (Å²) >= 11 is 0. The minimum Gasteiger partial charge on any atom is -0.493 e. The van der Waals surface area contributed by atoms with Gasteiger partial charge in [-0.3, -0.25) is 10.1 Å². The van der Waals surface area contributed by atoms with Crippen molar-refractivity contribution in [1.29, 1.82) is 0 Å². The summed E-state index contributed by atoms with van der Waals surface area (Å²) in [7, 11) is 1.53. The SMILES string of the molecule is COc1cccc(/C=C/[N+](=O)[O-])c1OC(C)C. The highest BCUT2D eigenvalue weighted by atomic mass is 16.6. The molecule has 92 valence electrons. The molecule has 1 aromatic rings. The molecular weight excluding hydrogens is 222 g/mol. The molecule has 0 atom stereocenters. The van der Waals surface area contributed by atoms with Crippen LogP contribution < -0.4 is 9.47 Å². The summed E-state index contributed by atoms with van der Waals surface area (Å²) in [6.07, 6.45) is 2.23. The average Bonchev–Trinajstić information content (AvgIpc) is 2.26. The third-order valence-corrected chi connectivity index (χ3v) is 1.96. The Labute approximate surface area is 99.8 Å². The van der Waals surface area contributed by atoms with E-state index in [-0.39, 0.29) is 6.10 Å². The summed E-state index contributed by atoms with van der Waals surface area (Å²) in [6.45, 7) is 3.76. The van der Waals surface area contributed by atoms with E-state index in [0.29, 0.717) is 17.1 Å². The lowest BCUT2D eigenvalue weighted by Crippen LogP contribution is -2.07. The fourth-order valence-corrected chi connectivity index (χ4v) is 1.33. The molecule has 0 saturated carbocycles. The lowest BCUT2D eigenvalue weighted by molar-refractivity contribution is -0.400. The number of nitro groups is 1. The zero-order valence-electron chi connectivity index (χ0n) is 10.0. The van der Waals surface area contributed by atoms with E-state index < -0.39 is 4.92 Å². The van der Waals surface area contributed by atoms with Crippen molar-refractivity contribution in [3.05, 3.63) is 40.1 Å². The zero-order valence-corrected chi connectivity index (χ0v) is 10.0. The van der Waals surface area contributed by atoms with E-state index in [1.807, 2.05) is 13.8 Å². The van der Waals surface area contributed by atoms with E-state index in [9.17, 15) is 10.1 Å². The van der Waals surface area contributed by atoms with Crippen LogP contribution in [-0.2, 0) is 0 Å². The van der Waals surface area contributed by atoms with Gasteiger partial charge >= 0.3 is 0 Å². The van der Waals surface area contributed by atoms with Gasteiger partial charge in [0.25, 0.3) is 0 Å². The fraction of sp³-hybridized carbons (Fsp3) is 0.333. The standard InChI is InChI=1S/C12H15NO4/c1-9(2)17-12-10(7-8-13(14)15)5-4-6-11(12)16-3/h4-9H,1-3H3/b8-7+. The van der Waals surface area contributed by atoms with Crippen LogP contribution in [0.3, 0.4) is 0 Å². The summed E-state index contributed by atoms with van der Waals surface area (Å²) in [5, 5.41) is 10.3. The number of para-hydroxylation sites is 1. The quantitative estimate of drug-likeness (QED) is 0.583. The molecule has 0 fully saturated rings. The Morgan fingerprint density at radius 3 is 2.65 bits per heavy atom. The van der Waals surface area contributed by atoms with E-state index in [0.717, 1.165) is 6.20 Å². The van der Waals surface area contributed by atoms with Crippen LogP contribution in [0.2, 0.25) is 0 Å². The molecule has 5 heteroatoms. The molecule has 5 nitrogen and oxygen atoms in total. The van der Waals surface area contributed by atoms with Crippen LogP contribution in [0.25, 0.3) is 6.08 Å². The van der Waals surface area contributed by atoms with Gasteiger partial charge < -0.3 is 9.47 Å². The molecule has 17 heavy (non-hydrogen) atoms. The number of nitrogens with zero attached hydrogens (tertiary/aromatic N) is 1. The summed E-state index contributed by atoms with van der Waals surface area (Å²) in [4.78, 5) is 9.79. The third-order valence-electron chi connectivity index (χ3n) is 1.96. The number of hydrogen-bond donors (Lipinski definition) is 0. The maximum Gasteiger partial charge on any atom is 0.235 e. The maximum atomic E-state index is 10.3. The van der Waals surface area contributed by atoms with Crippen LogP contribution in [0, 0.1) is 10.1 Å². The molecule has 0 N–H and O–H groups in total. The molecule has 0 radical (unpaired) electrons. The normalized spacial score (nSPS) is 10.8. The second-order valence-electron chi connectivity index (χ2n) is 3.65. The summed E-state index contributed by atoms with van der Waals surface area (Å²) in [5.41, 5.74) is 0.620. The Bertz CT molecular complexity index is 427. The first-order chi connectivity index (χ1) is 8.04. The van der Waals surface area contributed by atoms with Crippen LogP contribution in [0.15, 0.2) is 24.4 Å². The number of ether oxygens (including phenoxy) is 2. The van der Waals surface area contributed by atoms with Crippen molar-refractivity contribution in [2.24, 2.45) is 0 Å². The predicted molar refractivity (Wildman–Crippen MR) is 64.8 cm³/mol. The second-order valence-corrected chi connectivity index (χ2v) is 3.65. The van der Waals surface area contributed by atoms with Gasteiger partial charge in [-0.25, -0.2) is 0 Å². The number of methoxy groups -OCH3 is 1. The molecule has 0 bridgehead atoms. The number of rotatable bonds is 5. The molecule has 0 aromatic heterocycles.